The zero-order chi connectivity index (χ0) is 21.3. The van der Waals surface area contributed by atoms with Crippen LogP contribution < -0.4 is 4.74 Å². The van der Waals surface area contributed by atoms with Gasteiger partial charge in [0.15, 0.2) is 0 Å². The fraction of sp³-hybridized carbons (Fsp3) is 0.130. The van der Waals surface area contributed by atoms with Crippen molar-refractivity contribution in [3.63, 3.8) is 0 Å². The van der Waals surface area contributed by atoms with Gasteiger partial charge in [0.1, 0.15) is 17.1 Å². The van der Waals surface area contributed by atoms with E-state index in [2.05, 4.69) is 5.10 Å². The van der Waals surface area contributed by atoms with Gasteiger partial charge < -0.3 is 4.74 Å². The molecule has 3 aromatic carbocycles. The molecule has 0 fully saturated rings. The third-order valence-corrected chi connectivity index (χ3v) is 5.00. The molecule has 0 saturated carbocycles. The zero-order valence-corrected chi connectivity index (χ0v) is 16.5. The van der Waals surface area contributed by atoms with E-state index in [4.69, 9.17) is 4.74 Å². The normalized spacial score (nSPS) is 10.9. The molecule has 1 aromatic heterocycles. The molecule has 0 atom stereocenters. The van der Waals surface area contributed by atoms with Crippen LogP contribution in [0.2, 0.25) is 0 Å². The maximum atomic E-state index is 12.6. The zero-order valence-electron chi connectivity index (χ0n) is 16.5. The number of ether oxygens (including phenoxy) is 1. The molecule has 150 valence electrons. The SMILES string of the molecule is Cc1nn(Cc2ccc(C(=O)Oc3cccc4ccccc34)cc2)c(C)c1[N+](=O)[O-]. The van der Waals surface area contributed by atoms with Crippen LogP contribution in [0.4, 0.5) is 5.69 Å². The maximum Gasteiger partial charge on any atom is 0.343 e. The minimum atomic E-state index is -0.445. The van der Waals surface area contributed by atoms with Gasteiger partial charge >= 0.3 is 11.7 Å². The molecule has 0 N–H and O–H groups in total. The summed E-state index contributed by atoms with van der Waals surface area (Å²) in [5.41, 5.74) is 2.21. The van der Waals surface area contributed by atoms with E-state index in [0.29, 0.717) is 29.2 Å². The molecule has 0 spiro atoms. The van der Waals surface area contributed by atoms with Crippen LogP contribution in [0.15, 0.2) is 66.7 Å². The Bertz CT molecular complexity index is 1250. The number of esters is 1. The average molecular weight is 401 g/mol. The predicted octanol–water partition coefficient (Wildman–Crippen LogP) is 4.83. The lowest BCUT2D eigenvalue weighted by atomic mass is 10.1. The fourth-order valence-corrected chi connectivity index (χ4v) is 3.47. The van der Waals surface area contributed by atoms with Gasteiger partial charge in [0.2, 0.25) is 0 Å². The van der Waals surface area contributed by atoms with E-state index in [1.54, 1.807) is 48.9 Å². The van der Waals surface area contributed by atoms with Crippen LogP contribution in [0, 0.1) is 24.0 Å². The predicted molar refractivity (Wildman–Crippen MR) is 113 cm³/mol. The largest absolute Gasteiger partial charge is 0.422 e. The molecule has 7 heteroatoms. The fourth-order valence-electron chi connectivity index (χ4n) is 3.47. The molecular formula is C23H19N3O4. The molecule has 0 saturated heterocycles. The number of benzene rings is 3. The van der Waals surface area contributed by atoms with Crippen molar-refractivity contribution in [3.05, 3.63) is 99.4 Å². The second-order valence-electron chi connectivity index (χ2n) is 7.00. The highest BCUT2D eigenvalue weighted by molar-refractivity contribution is 5.95. The minimum Gasteiger partial charge on any atom is -0.422 e. The molecule has 7 nitrogen and oxygen atoms in total. The number of fused-ring (bicyclic) bond motifs is 1. The summed E-state index contributed by atoms with van der Waals surface area (Å²) in [5, 5.41) is 17.3. The van der Waals surface area contributed by atoms with E-state index in [9.17, 15) is 14.9 Å². The number of nitro groups is 1. The number of carbonyl (C=O) groups excluding carboxylic acids is 1. The average Bonchev–Trinajstić information content (AvgIpc) is 3.02. The summed E-state index contributed by atoms with van der Waals surface area (Å²) in [6.07, 6.45) is 0. The summed E-state index contributed by atoms with van der Waals surface area (Å²) in [6, 6.07) is 20.2. The lowest BCUT2D eigenvalue weighted by molar-refractivity contribution is -0.386. The Balaban J connectivity index is 1.52. The van der Waals surface area contributed by atoms with E-state index in [1.165, 1.54) is 0 Å². The monoisotopic (exact) mass is 401 g/mol. The summed E-state index contributed by atoms with van der Waals surface area (Å²) in [5.74, 6) is 0.0665. The van der Waals surface area contributed by atoms with Gasteiger partial charge in [-0.1, -0.05) is 48.5 Å². The van der Waals surface area contributed by atoms with E-state index in [0.717, 1.165) is 16.3 Å². The number of rotatable bonds is 5. The van der Waals surface area contributed by atoms with Gasteiger partial charge in [0, 0.05) is 5.39 Å². The number of carbonyl (C=O) groups is 1. The first-order valence-corrected chi connectivity index (χ1v) is 9.41. The Labute approximate surface area is 172 Å². The molecule has 0 radical (unpaired) electrons. The highest BCUT2D eigenvalue weighted by Crippen LogP contribution is 2.26. The molecule has 0 aliphatic carbocycles. The van der Waals surface area contributed by atoms with Crippen molar-refractivity contribution in [2.45, 2.75) is 20.4 Å². The van der Waals surface area contributed by atoms with Gasteiger partial charge in [0.05, 0.1) is 17.0 Å². The molecule has 1 heterocycles. The molecular weight excluding hydrogens is 382 g/mol. The van der Waals surface area contributed by atoms with Crippen LogP contribution in [0.25, 0.3) is 10.8 Å². The van der Waals surface area contributed by atoms with Crippen molar-refractivity contribution in [3.8, 4) is 5.75 Å². The number of aryl methyl sites for hydroxylation is 1. The number of hydrogen-bond acceptors (Lipinski definition) is 5. The summed E-state index contributed by atoms with van der Waals surface area (Å²) in [7, 11) is 0. The lowest BCUT2D eigenvalue weighted by Crippen LogP contribution is -2.09. The number of hydrogen-bond donors (Lipinski definition) is 0. The molecule has 4 rings (SSSR count). The Kier molecular flexibility index (Phi) is 5.02. The molecule has 0 aliphatic rings. The van der Waals surface area contributed by atoms with Gasteiger partial charge in [-0.2, -0.15) is 5.10 Å². The third-order valence-electron chi connectivity index (χ3n) is 5.00. The van der Waals surface area contributed by atoms with E-state index in [-0.39, 0.29) is 5.69 Å². The smallest absolute Gasteiger partial charge is 0.343 e. The second kappa shape index (κ2) is 7.79. The van der Waals surface area contributed by atoms with Crippen molar-refractivity contribution >= 4 is 22.4 Å². The van der Waals surface area contributed by atoms with Crippen LogP contribution in [0.3, 0.4) is 0 Å². The molecule has 0 bridgehead atoms. The van der Waals surface area contributed by atoms with Crippen molar-refractivity contribution in [1.82, 2.24) is 9.78 Å². The highest BCUT2D eigenvalue weighted by atomic mass is 16.6. The Morgan fingerprint density at radius 3 is 2.43 bits per heavy atom. The molecule has 30 heavy (non-hydrogen) atoms. The van der Waals surface area contributed by atoms with Gasteiger partial charge in [-0.15, -0.1) is 0 Å². The van der Waals surface area contributed by atoms with Gasteiger partial charge in [-0.05, 0) is 43.0 Å². The van der Waals surface area contributed by atoms with Crippen LogP contribution in [-0.4, -0.2) is 20.7 Å². The molecule has 0 aliphatic heterocycles. The summed E-state index contributed by atoms with van der Waals surface area (Å²) >= 11 is 0. The molecule has 4 aromatic rings. The van der Waals surface area contributed by atoms with E-state index < -0.39 is 10.9 Å². The second-order valence-corrected chi connectivity index (χ2v) is 7.00. The van der Waals surface area contributed by atoms with Crippen LogP contribution >= 0.6 is 0 Å². The van der Waals surface area contributed by atoms with E-state index in [1.807, 2.05) is 36.4 Å². The number of aromatic nitrogens is 2. The van der Waals surface area contributed by atoms with E-state index >= 15 is 0 Å². The Morgan fingerprint density at radius 1 is 1.03 bits per heavy atom. The lowest BCUT2D eigenvalue weighted by Gasteiger charge is -2.09. The van der Waals surface area contributed by atoms with Crippen molar-refractivity contribution < 1.29 is 14.5 Å². The summed E-state index contributed by atoms with van der Waals surface area (Å²) in [6.45, 7) is 3.67. The van der Waals surface area contributed by atoms with Crippen molar-refractivity contribution in [2.75, 3.05) is 0 Å². The number of nitrogens with zero attached hydrogens (tertiary/aromatic N) is 3. The maximum absolute atomic E-state index is 12.6. The first-order chi connectivity index (χ1) is 14.4. The van der Waals surface area contributed by atoms with Gasteiger partial charge in [0.25, 0.3) is 0 Å². The van der Waals surface area contributed by atoms with Gasteiger partial charge in [-0.3, -0.25) is 14.8 Å². The quantitative estimate of drug-likeness (QED) is 0.207. The Hall–Kier alpha value is -4.00. The molecule has 0 amide bonds. The summed E-state index contributed by atoms with van der Waals surface area (Å²) < 4.78 is 7.20. The molecule has 0 unspecified atom stereocenters. The van der Waals surface area contributed by atoms with Crippen LogP contribution in [0.1, 0.15) is 27.3 Å². The Morgan fingerprint density at radius 2 is 1.73 bits per heavy atom. The third kappa shape index (κ3) is 3.65. The van der Waals surface area contributed by atoms with Crippen molar-refractivity contribution in [2.24, 2.45) is 0 Å². The van der Waals surface area contributed by atoms with Crippen LogP contribution in [0.5, 0.6) is 5.75 Å². The topological polar surface area (TPSA) is 87.3 Å². The standard InChI is InChI=1S/C23H19N3O4/c1-15-22(26(28)29)16(2)25(24-15)14-17-10-12-19(13-11-17)23(27)30-21-9-5-7-18-6-3-4-8-20(18)21/h3-13H,14H2,1-2H3. The first kappa shape index (κ1) is 19.3. The highest BCUT2D eigenvalue weighted by Gasteiger charge is 2.21. The first-order valence-electron chi connectivity index (χ1n) is 9.41. The van der Waals surface area contributed by atoms with Crippen molar-refractivity contribution in [1.29, 1.82) is 0 Å². The van der Waals surface area contributed by atoms with Crippen LogP contribution in [-0.2, 0) is 6.54 Å². The summed E-state index contributed by atoms with van der Waals surface area (Å²) in [4.78, 5) is 23.3. The minimum absolute atomic E-state index is 0.0327. The van der Waals surface area contributed by atoms with Gasteiger partial charge in [-0.25, -0.2) is 4.79 Å².